The number of anilines is 2. The van der Waals surface area contributed by atoms with E-state index in [1.54, 1.807) is 24.3 Å². The molecule has 0 atom stereocenters. The van der Waals surface area contributed by atoms with Crippen molar-refractivity contribution in [2.24, 2.45) is 0 Å². The highest BCUT2D eigenvalue weighted by molar-refractivity contribution is 6.30. The number of nitrogens with zero attached hydrogens (tertiary/aromatic N) is 4. The third kappa shape index (κ3) is 5.30. The fourth-order valence-electron chi connectivity index (χ4n) is 5.95. The van der Waals surface area contributed by atoms with Crippen LogP contribution in [-0.2, 0) is 6.42 Å². The number of hydrogen-bond donors (Lipinski definition) is 0. The molecule has 8 heteroatoms. The first-order valence-corrected chi connectivity index (χ1v) is 14.1. The van der Waals surface area contributed by atoms with Gasteiger partial charge in [0.1, 0.15) is 5.82 Å². The fraction of sp³-hybridized carbons (Fsp3) is 0.312. The van der Waals surface area contributed by atoms with Crippen molar-refractivity contribution in [3.05, 3.63) is 98.9 Å². The predicted molar refractivity (Wildman–Crippen MR) is 162 cm³/mol. The van der Waals surface area contributed by atoms with Gasteiger partial charge in [-0.3, -0.25) is 10.1 Å². The zero-order chi connectivity index (χ0) is 28.6. The summed E-state index contributed by atoms with van der Waals surface area (Å²) in [5, 5.41) is 11.7. The van der Waals surface area contributed by atoms with Gasteiger partial charge in [0.2, 0.25) is 0 Å². The van der Waals surface area contributed by atoms with Gasteiger partial charge in [-0.05, 0) is 86.3 Å². The summed E-state index contributed by atoms with van der Waals surface area (Å²) in [5.74, 6) is -0.260. The number of nitro groups is 1. The summed E-state index contributed by atoms with van der Waals surface area (Å²) in [6.45, 7) is 11.6. The quantitative estimate of drug-likeness (QED) is 0.168. The van der Waals surface area contributed by atoms with Gasteiger partial charge in [-0.2, -0.15) is 0 Å². The van der Waals surface area contributed by atoms with Gasteiger partial charge in [-0.1, -0.05) is 30.7 Å². The van der Waals surface area contributed by atoms with E-state index >= 15 is 4.39 Å². The number of benzene rings is 3. The molecule has 2 heterocycles. The van der Waals surface area contributed by atoms with Crippen molar-refractivity contribution in [1.82, 2.24) is 4.57 Å². The highest BCUT2D eigenvalue weighted by Gasteiger charge is 2.25. The second kappa shape index (κ2) is 11.3. The molecular formula is C32H34ClFN4O2. The minimum atomic E-state index is -0.386. The van der Waals surface area contributed by atoms with Crippen molar-refractivity contribution in [2.45, 2.75) is 40.2 Å². The molecule has 0 aliphatic carbocycles. The lowest BCUT2D eigenvalue weighted by Gasteiger charge is -2.37. The number of nitro benzene ring substituents is 1. The smallest absolute Gasteiger partial charge is 0.269 e. The zero-order valence-electron chi connectivity index (χ0n) is 23.3. The molecule has 1 aliphatic heterocycles. The van der Waals surface area contributed by atoms with E-state index in [1.807, 2.05) is 24.3 Å². The minimum Gasteiger partial charge on any atom is -0.368 e. The number of halogens is 2. The van der Waals surface area contributed by atoms with Gasteiger partial charge in [-0.25, -0.2) is 4.39 Å². The number of rotatable bonds is 7. The van der Waals surface area contributed by atoms with E-state index in [0.717, 1.165) is 66.4 Å². The number of hydrogen-bond acceptors (Lipinski definition) is 4. The van der Waals surface area contributed by atoms with Gasteiger partial charge in [0, 0.05) is 72.0 Å². The maximum Gasteiger partial charge on any atom is 0.269 e. The Kier molecular flexibility index (Phi) is 7.86. The Morgan fingerprint density at radius 1 is 0.900 bits per heavy atom. The van der Waals surface area contributed by atoms with Gasteiger partial charge in [0.05, 0.1) is 10.6 Å². The molecule has 40 heavy (non-hydrogen) atoms. The standard InChI is InChI=1S/C32H34ClFN4O2/c1-5-30-22(4)37(21(2)3)32(23-6-8-25(33)9-7-23)31(30)24-18-26(34)20-29(19-24)36-16-14-35(15-17-36)27-10-12-28(13-11-27)38(39)40/h6-13,18-21H,5,14-17H2,1-4H3. The molecule has 0 bridgehead atoms. The normalized spacial score (nSPS) is 13.8. The molecule has 1 aromatic heterocycles. The monoisotopic (exact) mass is 560 g/mol. The van der Waals surface area contributed by atoms with Crippen molar-refractivity contribution in [1.29, 1.82) is 0 Å². The molecule has 4 aromatic rings. The molecule has 0 radical (unpaired) electrons. The van der Waals surface area contributed by atoms with Gasteiger partial charge in [0.25, 0.3) is 5.69 Å². The van der Waals surface area contributed by atoms with E-state index in [9.17, 15) is 10.1 Å². The van der Waals surface area contributed by atoms with Crippen LogP contribution in [0.3, 0.4) is 0 Å². The summed E-state index contributed by atoms with van der Waals surface area (Å²) in [4.78, 5) is 15.0. The van der Waals surface area contributed by atoms with E-state index < -0.39 is 0 Å². The first-order valence-electron chi connectivity index (χ1n) is 13.7. The van der Waals surface area contributed by atoms with Gasteiger partial charge in [-0.15, -0.1) is 0 Å². The fourth-order valence-corrected chi connectivity index (χ4v) is 6.07. The van der Waals surface area contributed by atoms with Crippen molar-refractivity contribution in [3.63, 3.8) is 0 Å². The van der Waals surface area contributed by atoms with E-state index in [4.69, 9.17) is 11.6 Å². The summed E-state index contributed by atoms with van der Waals surface area (Å²) in [6, 6.07) is 20.1. The van der Waals surface area contributed by atoms with Crippen LogP contribution in [0.2, 0.25) is 5.02 Å². The van der Waals surface area contributed by atoms with E-state index in [0.29, 0.717) is 5.02 Å². The molecule has 6 nitrogen and oxygen atoms in total. The number of aromatic nitrogens is 1. The van der Waals surface area contributed by atoms with Crippen molar-refractivity contribution < 1.29 is 9.31 Å². The van der Waals surface area contributed by atoms with Crippen molar-refractivity contribution in [3.8, 4) is 22.4 Å². The Bertz CT molecular complexity index is 1520. The van der Waals surface area contributed by atoms with Crippen LogP contribution in [0.25, 0.3) is 22.4 Å². The van der Waals surface area contributed by atoms with Crippen LogP contribution in [0.15, 0.2) is 66.7 Å². The van der Waals surface area contributed by atoms with Gasteiger partial charge < -0.3 is 14.4 Å². The van der Waals surface area contributed by atoms with Crippen LogP contribution in [-0.4, -0.2) is 35.7 Å². The maximum atomic E-state index is 15.3. The molecule has 0 N–H and O–H groups in total. The lowest BCUT2D eigenvalue weighted by atomic mass is 9.95. The topological polar surface area (TPSA) is 54.6 Å². The maximum absolute atomic E-state index is 15.3. The second-order valence-corrected chi connectivity index (χ2v) is 11.0. The van der Waals surface area contributed by atoms with Crippen molar-refractivity contribution >= 4 is 28.7 Å². The molecule has 1 fully saturated rings. The van der Waals surface area contributed by atoms with Crippen LogP contribution in [0.1, 0.15) is 38.1 Å². The molecule has 0 spiro atoms. The molecule has 1 aliphatic rings. The third-order valence-electron chi connectivity index (χ3n) is 7.81. The first kappa shape index (κ1) is 27.7. The zero-order valence-corrected chi connectivity index (χ0v) is 24.1. The highest BCUT2D eigenvalue weighted by Crippen LogP contribution is 2.43. The Morgan fingerprint density at radius 2 is 1.50 bits per heavy atom. The summed E-state index contributed by atoms with van der Waals surface area (Å²) < 4.78 is 17.6. The summed E-state index contributed by atoms with van der Waals surface area (Å²) >= 11 is 6.23. The third-order valence-corrected chi connectivity index (χ3v) is 8.06. The predicted octanol–water partition coefficient (Wildman–Crippen LogP) is 8.30. The lowest BCUT2D eigenvalue weighted by Crippen LogP contribution is -2.46. The van der Waals surface area contributed by atoms with Crippen LogP contribution in [0.4, 0.5) is 21.5 Å². The van der Waals surface area contributed by atoms with Gasteiger partial charge >= 0.3 is 0 Å². The molecule has 5 rings (SSSR count). The molecule has 3 aromatic carbocycles. The van der Waals surface area contributed by atoms with Crippen LogP contribution >= 0.6 is 11.6 Å². The van der Waals surface area contributed by atoms with Crippen LogP contribution < -0.4 is 9.80 Å². The first-order chi connectivity index (χ1) is 19.2. The minimum absolute atomic E-state index is 0.0839. The molecular weight excluding hydrogens is 527 g/mol. The summed E-state index contributed by atoms with van der Waals surface area (Å²) in [7, 11) is 0. The van der Waals surface area contributed by atoms with Crippen LogP contribution in [0, 0.1) is 22.9 Å². The molecule has 0 amide bonds. The van der Waals surface area contributed by atoms with E-state index in [2.05, 4.69) is 48.1 Å². The Labute approximate surface area is 239 Å². The Hall–Kier alpha value is -3.84. The van der Waals surface area contributed by atoms with Gasteiger partial charge in [0.15, 0.2) is 0 Å². The second-order valence-electron chi connectivity index (χ2n) is 10.6. The summed E-state index contributed by atoms with van der Waals surface area (Å²) in [5.41, 5.74) is 8.39. The molecule has 1 saturated heterocycles. The average molecular weight is 561 g/mol. The Morgan fingerprint density at radius 3 is 2.05 bits per heavy atom. The Balaban J connectivity index is 1.50. The molecule has 0 unspecified atom stereocenters. The molecule has 0 saturated carbocycles. The molecule has 208 valence electrons. The summed E-state index contributed by atoms with van der Waals surface area (Å²) in [6.07, 6.45) is 0.835. The SMILES string of the molecule is CCc1c(-c2cc(F)cc(N3CCN(c4ccc([N+](=O)[O-])cc4)CC3)c2)c(-c2ccc(Cl)cc2)n(C(C)C)c1C. The van der Waals surface area contributed by atoms with E-state index in [-0.39, 0.29) is 22.5 Å². The van der Waals surface area contributed by atoms with E-state index in [1.165, 1.54) is 23.4 Å². The van der Waals surface area contributed by atoms with Crippen molar-refractivity contribution in [2.75, 3.05) is 36.0 Å². The number of piperazine rings is 1. The number of non-ortho nitro benzene ring substituents is 1. The average Bonchev–Trinajstić information content (AvgIpc) is 3.25. The van der Waals surface area contributed by atoms with Crippen LogP contribution in [0.5, 0.6) is 0 Å². The lowest BCUT2D eigenvalue weighted by molar-refractivity contribution is -0.384. The largest absolute Gasteiger partial charge is 0.368 e. The highest BCUT2D eigenvalue weighted by atomic mass is 35.5.